The summed E-state index contributed by atoms with van der Waals surface area (Å²) in [6.45, 7) is 3.12. The first kappa shape index (κ1) is 12.6. The highest BCUT2D eigenvalue weighted by Crippen LogP contribution is 2.37. The molecule has 0 aliphatic heterocycles. The van der Waals surface area contributed by atoms with Crippen molar-refractivity contribution in [1.29, 1.82) is 0 Å². The topological polar surface area (TPSA) is 45.1 Å². The summed E-state index contributed by atoms with van der Waals surface area (Å²) in [5, 5.41) is 13.9. The lowest BCUT2D eigenvalue weighted by Crippen LogP contribution is -2.24. The van der Waals surface area contributed by atoms with E-state index in [9.17, 15) is 5.11 Å². The fraction of sp³-hybridized carbons (Fsp3) is 0.400. The summed E-state index contributed by atoms with van der Waals surface area (Å²) >= 11 is 1.79. The minimum absolute atomic E-state index is 0.301. The van der Waals surface area contributed by atoms with Gasteiger partial charge in [0.25, 0.3) is 0 Å². The Morgan fingerprint density at radius 1 is 1.37 bits per heavy atom. The first-order valence-electron chi connectivity index (χ1n) is 6.80. The van der Waals surface area contributed by atoms with Gasteiger partial charge in [-0.15, -0.1) is 11.3 Å². The molecule has 3 rings (SSSR count). The van der Waals surface area contributed by atoms with Crippen LogP contribution in [0.2, 0.25) is 0 Å². The third-order valence-electron chi connectivity index (χ3n) is 3.52. The number of benzene rings is 1. The Kier molecular flexibility index (Phi) is 3.53. The van der Waals surface area contributed by atoms with E-state index >= 15 is 0 Å². The maximum absolute atomic E-state index is 9.35. The quantitative estimate of drug-likeness (QED) is 0.900. The standard InChI is InChI=1S/C15H18N2OS/c1-2-16-12-4-3-5-13-14(12)17-15(19-13)10-6-8-11(18)9-7-10/h6-9,12,16,18H,2-5H2,1H3. The third-order valence-corrected chi connectivity index (χ3v) is 4.70. The minimum Gasteiger partial charge on any atom is -0.508 e. The Labute approximate surface area is 117 Å². The molecule has 2 aromatic rings. The second kappa shape index (κ2) is 5.31. The largest absolute Gasteiger partial charge is 0.508 e. The number of rotatable bonds is 3. The van der Waals surface area contributed by atoms with Gasteiger partial charge < -0.3 is 10.4 Å². The van der Waals surface area contributed by atoms with Gasteiger partial charge in [-0.2, -0.15) is 0 Å². The molecule has 0 saturated carbocycles. The molecular formula is C15H18N2OS. The highest BCUT2D eigenvalue weighted by atomic mass is 32.1. The molecule has 1 aliphatic rings. The van der Waals surface area contributed by atoms with E-state index in [0.717, 1.165) is 23.5 Å². The molecule has 0 spiro atoms. The third kappa shape index (κ3) is 2.51. The van der Waals surface area contributed by atoms with E-state index in [1.54, 1.807) is 23.5 Å². The van der Waals surface area contributed by atoms with Crippen molar-refractivity contribution >= 4 is 11.3 Å². The van der Waals surface area contributed by atoms with E-state index in [1.165, 1.54) is 23.4 Å². The van der Waals surface area contributed by atoms with E-state index in [4.69, 9.17) is 4.98 Å². The number of nitrogens with zero attached hydrogens (tertiary/aromatic N) is 1. The summed E-state index contributed by atoms with van der Waals surface area (Å²) in [5.74, 6) is 0.301. The Morgan fingerprint density at radius 3 is 2.89 bits per heavy atom. The first-order chi connectivity index (χ1) is 9.28. The molecule has 1 heterocycles. The molecule has 0 amide bonds. The number of thiazole rings is 1. The highest BCUT2D eigenvalue weighted by Gasteiger charge is 2.24. The number of nitrogens with one attached hydrogen (secondary N) is 1. The number of phenols is 1. The van der Waals surface area contributed by atoms with Crippen LogP contribution in [-0.2, 0) is 6.42 Å². The van der Waals surface area contributed by atoms with Crippen LogP contribution >= 0.6 is 11.3 Å². The molecule has 1 aromatic heterocycles. The molecule has 0 bridgehead atoms. The molecule has 2 N–H and O–H groups in total. The zero-order chi connectivity index (χ0) is 13.2. The summed E-state index contributed by atoms with van der Waals surface area (Å²) in [7, 11) is 0. The summed E-state index contributed by atoms with van der Waals surface area (Å²) in [4.78, 5) is 6.24. The smallest absolute Gasteiger partial charge is 0.123 e. The molecular weight excluding hydrogens is 256 g/mol. The van der Waals surface area contributed by atoms with Crippen LogP contribution in [-0.4, -0.2) is 16.6 Å². The van der Waals surface area contributed by atoms with E-state index in [-0.39, 0.29) is 0 Å². The SMILES string of the molecule is CCNC1CCCc2sc(-c3ccc(O)cc3)nc21. The van der Waals surface area contributed by atoms with Crippen molar-refractivity contribution in [2.75, 3.05) is 6.54 Å². The number of phenolic OH excluding ortho intramolecular Hbond substituents is 1. The van der Waals surface area contributed by atoms with Crippen molar-refractivity contribution in [3.05, 3.63) is 34.8 Å². The molecule has 0 saturated heterocycles. The van der Waals surface area contributed by atoms with Gasteiger partial charge in [-0.3, -0.25) is 0 Å². The Balaban J connectivity index is 1.95. The summed E-state index contributed by atoms with van der Waals surface area (Å²) in [5.41, 5.74) is 2.33. The lowest BCUT2D eigenvalue weighted by molar-refractivity contribution is 0.465. The summed E-state index contributed by atoms with van der Waals surface area (Å²) in [6, 6.07) is 7.72. The van der Waals surface area contributed by atoms with Gasteiger partial charge >= 0.3 is 0 Å². The van der Waals surface area contributed by atoms with E-state index < -0.39 is 0 Å². The number of hydrogen-bond donors (Lipinski definition) is 2. The van der Waals surface area contributed by atoms with Gasteiger partial charge in [0.2, 0.25) is 0 Å². The first-order valence-corrected chi connectivity index (χ1v) is 7.62. The molecule has 1 atom stereocenters. The minimum atomic E-state index is 0.301. The van der Waals surface area contributed by atoms with Crippen LogP contribution in [0.3, 0.4) is 0 Å². The van der Waals surface area contributed by atoms with Crippen LogP contribution < -0.4 is 5.32 Å². The van der Waals surface area contributed by atoms with Crippen molar-refractivity contribution in [2.24, 2.45) is 0 Å². The fourth-order valence-corrected chi connectivity index (χ4v) is 3.76. The zero-order valence-corrected chi connectivity index (χ0v) is 11.8. The van der Waals surface area contributed by atoms with Crippen LogP contribution in [0, 0.1) is 0 Å². The fourth-order valence-electron chi connectivity index (χ4n) is 2.59. The van der Waals surface area contributed by atoms with Crippen LogP contribution in [0.5, 0.6) is 5.75 Å². The van der Waals surface area contributed by atoms with Gasteiger partial charge in [0, 0.05) is 10.4 Å². The van der Waals surface area contributed by atoms with Crippen LogP contribution in [0.25, 0.3) is 10.6 Å². The highest BCUT2D eigenvalue weighted by molar-refractivity contribution is 7.15. The van der Waals surface area contributed by atoms with Crippen molar-refractivity contribution < 1.29 is 5.11 Å². The monoisotopic (exact) mass is 274 g/mol. The second-order valence-corrected chi connectivity index (χ2v) is 5.96. The Morgan fingerprint density at radius 2 is 2.16 bits per heavy atom. The number of aromatic hydroxyl groups is 1. The molecule has 100 valence electrons. The molecule has 19 heavy (non-hydrogen) atoms. The average molecular weight is 274 g/mol. The average Bonchev–Trinajstić information content (AvgIpc) is 2.85. The molecule has 1 aromatic carbocycles. The summed E-state index contributed by atoms with van der Waals surface area (Å²) in [6.07, 6.45) is 3.56. The molecule has 0 radical (unpaired) electrons. The van der Waals surface area contributed by atoms with Crippen molar-refractivity contribution in [3.8, 4) is 16.3 Å². The van der Waals surface area contributed by atoms with E-state index in [2.05, 4.69) is 12.2 Å². The van der Waals surface area contributed by atoms with Gasteiger partial charge in [-0.05, 0) is 50.1 Å². The molecule has 1 aliphatic carbocycles. The van der Waals surface area contributed by atoms with Gasteiger partial charge in [0.05, 0.1) is 11.7 Å². The lowest BCUT2D eigenvalue weighted by Gasteiger charge is -2.21. The second-order valence-electron chi connectivity index (χ2n) is 4.88. The van der Waals surface area contributed by atoms with Crippen molar-refractivity contribution in [2.45, 2.75) is 32.2 Å². The molecule has 1 unspecified atom stereocenters. The van der Waals surface area contributed by atoms with Crippen LogP contribution in [0.15, 0.2) is 24.3 Å². The number of aryl methyl sites for hydroxylation is 1. The van der Waals surface area contributed by atoms with Crippen molar-refractivity contribution in [1.82, 2.24) is 10.3 Å². The Hall–Kier alpha value is -1.39. The summed E-state index contributed by atoms with van der Waals surface area (Å²) < 4.78 is 0. The number of aromatic nitrogens is 1. The van der Waals surface area contributed by atoms with Gasteiger partial charge in [-0.1, -0.05) is 6.92 Å². The Bertz CT molecular complexity index is 562. The molecule has 0 fully saturated rings. The predicted octanol–water partition coefficient (Wildman–Crippen LogP) is 3.50. The zero-order valence-electron chi connectivity index (χ0n) is 11.0. The van der Waals surface area contributed by atoms with Crippen molar-refractivity contribution in [3.63, 3.8) is 0 Å². The number of hydrogen-bond acceptors (Lipinski definition) is 4. The lowest BCUT2D eigenvalue weighted by atomic mass is 9.98. The maximum atomic E-state index is 9.35. The maximum Gasteiger partial charge on any atom is 0.123 e. The van der Waals surface area contributed by atoms with E-state index in [1.807, 2.05) is 12.1 Å². The molecule has 3 nitrogen and oxygen atoms in total. The molecule has 4 heteroatoms. The normalized spacial score (nSPS) is 18.3. The van der Waals surface area contributed by atoms with Gasteiger partial charge in [0.15, 0.2) is 0 Å². The predicted molar refractivity (Wildman–Crippen MR) is 78.6 cm³/mol. The van der Waals surface area contributed by atoms with Crippen LogP contribution in [0.1, 0.15) is 36.4 Å². The van der Waals surface area contributed by atoms with E-state index in [0.29, 0.717) is 11.8 Å². The van der Waals surface area contributed by atoms with Gasteiger partial charge in [0.1, 0.15) is 10.8 Å². The van der Waals surface area contributed by atoms with Crippen LogP contribution in [0.4, 0.5) is 0 Å². The van der Waals surface area contributed by atoms with Gasteiger partial charge in [-0.25, -0.2) is 4.98 Å². The number of fused-ring (bicyclic) bond motifs is 1.